The van der Waals surface area contributed by atoms with Crippen molar-refractivity contribution < 1.29 is 4.79 Å². The summed E-state index contributed by atoms with van der Waals surface area (Å²) < 4.78 is 0. The Balaban J connectivity index is 1.65. The summed E-state index contributed by atoms with van der Waals surface area (Å²) in [7, 11) is 0. The van der Waals surface area contributed by atoms with E-state index in [1.807, 2.05) is 49.4 Å². The van der Waals surface area contributed by atoms with E-state index in [9.17, 15) is 4.79 Å². The Hall–Kier alpha value is -3.68. The van der Waals surface area contributed by atoms with Crippen molar-refractivity contribution in [2.24, 2.45) is 0 Å². The highest BCUT2D eigenvalue weighted by Crippen LogP contribution is 2.25. The van der Waals surface area contributed by atoms with Crippen molar-refractivity contribution in [1.82, 2.24) is 20.4 Å². The van der Waals surface area contributed by atoms with Gasteiger partial charge in [-0.25, -0.2) is 15.0 Å². The number of carbonyl (C=O) groups excluding carboxylic acids is 1. The number of carbonyl (C=O) groups is 1. The van der Waals surface area contributed by atoms with Crippen molar-refractivity contribution in [3.8, 4) is 0 Å². The quantitative estimate of drug-likeness (QED) is 0.504. The Labute approximate surface area is 150 Å². The first-order chi connectivity index (χ1) is 12.6. The van der Waals surface area contributed by atoms with Crippen LogP contribution in [0.1, 0.15) is 11.1 Å². The van der Waals surface area contributed by atoms with Gasteiger partial charge in [-0.3, -0.25) is 15.6 Å². The average Bonchev–Trinajstić information content (AvgIpc) is 2.65. The molecule has 0 saturated heterocycles. The first-order valence-corrected chi connectivity index (χ1v) is 8.01. The second-order valence-electron chi connectivity index (χ2n) is 5.61. The number of nitrogens with zero attached hydrogens (tertiary/aromatic N) is 3. The van der Waals surface area contributed by atoms with E-state index in [0.29, 0.717) is 17.5 Å². The minimum atomic E-state index is -0.204. The van der Waals surface area contributed by atoms with Gasteiger partial charge in [0.05, 0.1) is 6.42 Å². The van der Waals surface area contributed by atoms with E-state index < -0.39 is 0 Å². The summed E-state index contributed by atoms with van der Waals surface area (Å²) in [4.78, 5) is 24.5. The van der Waals surface area contributed by atoms with Gasteiger partial charge in [0, 0.05) is 6.20 Å². The van der Waals surface area contributed by atoms with E-state index in [1.165, 1.54) is 6.33 Å². The van der Waals surface area contributed by atoms with Crippen LogP contribution in [0.2, 0.25) is 0 Å². The van der Waals surface area contributed by atoms with E-state index in [-0.39, 0.29) is 18.0 Å². The summed E-state index contributed by atoms with van der Waals surface area (Å²) in [6.45, 7) is 1.93. The first-order valence-electron chi connectivity index (χ1n) is 8.01. The molecule has 0 radical (unpaired) electrons. The van der Waals surface area contributed by atoms with Crippen molar-refractivity contribution in [2.45, 2.75) is 13.3 Å². The second-order valence-corrected chi connectivity index (χ2v) is 5.61. The van der Waals surface area contributed by atoms with Gasteiger partial charge < -0.3 is 11.1 Å². The number of nitrogen functional groups attached to an aromatic ring is 1. The van der Waals surface area contributed by atoms with Gasteiger partial charge in [-0.2, -0.15) is 0 Å². The molecule has 0 aliphatic heterocycles. The molecule has 0 aliphatic rings. The van der Waals surface area contributed by atoms with Crippen LogP contribution in [0.5, 0.6) is 0 Å². The highest BCUT2D eigenvalue weighted by atomic mass is 16.2. The highest BCUT2D eigenvalue weighted by Gasteiger charge is 2.11. The summed E-state index contributed by atoms with van der Waals surface area (Å²) in [6.07, 6.45) is 3.27. The number of aromatic nitrogens is 3. The number of hydrazine groups is 1. The maximum Gasteiger partial charge on any atom is 0.242 e. The highest BCUT2D eigenvalue weighted by molar-refractivity contribution is 5.82. The lowest BCUT2D eigenvalue weighted by molar-refractivity contribution is -0.119. The molecular weight excluding hydrogens is 330 g/mol. The molecule has 0 bridgehead atoms. The van der Waals surface area contributed by atoms with E-state index in [0.717, 1.165) is 11.1 Å². The number of rotatable bonds is 6. The molecule has 1 aromatic carbocycles. The molecule has 8 nitrogen and oxygen atoms in total. The molecule has 8 heteroatoms. The molecule has 2 heterocycles. The van der Waals surface area contributed by atoms with Crippen molar-refractivity contribution in [3.63, 3.8) is 0 Å². The molecule has 0 atom stereocenters. The van der Waals surface area contributed by atoms with Crippen LogP contribution >= 0.6 is 0 Å². The van der Waals surface area contributed by atoms with Gasteiger partial charge in [0.25, 0.3) is 0 Å². The Kier molecular flexibility index (Phi) is 5.23. The lowest BCUT2D eigenvalue weighted by atomic mass is 10.1. The predicted octanol–water partition coefficient (Wildman–Crippen LogP) is 2.19. The van der Waals surface area contributed by atoms with E-state index in [1.54, 1.807) is 6.20 Å². The number of hydrogen-bond acceptors (Lipinski definition) is 7. The molecule has 132 valence electrons. The van der Waals surface area contributed by atoms with E-state index in [2.05, 4.69) is 31.1 Å². The van der Waals surface area contributed by atoms with Crippen LogP contribution in [0.3, 0.4) is 0 Å². The Bertz CT molecular complexity index is 899. The molecule has 1 amide bonds. The predicted molar refractivity (Wildman–Crippen MR) is 101 cm³/mol. The third kappa shape index (κ3) is 4.23. The van der Waals surface area contributed by atoms with Crippen molar-refractivity contribution in [2.75, 3.05) is 16.5 Å². The zero-order valence-electron chi connectivity index (χ0n) is 14.2. The van der Waals surface area contributed by atoms with Crippen LogP contribution in [0.15, 0.2) is 55.0 Å². The van der Waals surface area contributed by atoms with Crippen molar-refractivity contribution in [1.29, 1.82) is 0 Å². The number of benzene rings is 1. The standard InChI is InChI=1S/C18H19N7O/c1-12-6-5-9-20-16(12)23-17-15(19)18(22-11-21-17)25-24-14(26)10-13-7-3-2-4-8-13/h2-9,11H,10,19H2,1H3,(H,24,26)(H2,20,21,22,23,25). The van der Waals surface area contributed by atoms with Crippen LogP contribution in [0.25, 0.3) is 0 Å². The van der Waals surface area contributed by atoms with Crippen LogP contribution in [0, 0.1) is 6.92 Å². The third-order valence-electron chi connectivity index (χ3n) is 3.66. The van der Waals surface area contributed by atoms with Gasteiger partial charge in [-0.1, -0.05) is 36.4 Å². The van der Waals surface area contributed by atoms with Gasteiger partial charge >= 0.3 is 0 Å². The molecule has 0 fully saturated rings. The summed E-state index contributed by atoms with van der Waals surface area (Å²) in [5, 5.41) is 3.07. The summed E-state index contributed by atoms with van der Waals surface area (Å²) >= 11 is 0. The molecule has 0 unspecified atom stereocenters. The van der Waals surface area contributed by atoms with Crippen LogP contribution in [-0.2, 0) is 11.2 Å². The van der Waals surface area contributed by atoms with Gasteiger partial charge in [-0.15, -0.1) is 0 Å². The van der Waals surface area contributed by atoms with Gasteiger partial charge in [0.1, 0.15) is 17.8 Å². The number of aryl methyl sites for hydroxylation is 1. The maximum absolute atomic E-state index is 12.0. The molecule has 0 aliphatic carbocycles. The second kappa shape index (κ2) is 7.93. The number of nitrogens with one attached hydrogen (secondary N) is 3. The minimum Gasteiger partial charge on any atom is -0.393 e. The maximum atomic E-state index is 12.0. The van der Waals surface area contributed by atoms with Crippen molar-refractivity contribution >= 4 is 29.0 Å². The zero-order valence-corrected chi connectivity index (χ0v) is 14.2. The molecule has 5 N–H and O–H groups in total. The fourth-order valence-electron chi connectivity index (χ4n) is 2.28. The zero-order chi connectivity index (χ0) is 18.4. The lowest BCUT2D eigenvalue weighted by Gasteiger charge is -2.13. The molecular formula is C18H19N7O. The van der Waals surface area contributed by atoms with Gasteiger partial charge in [0.2, 0.25) is 5.91 Å². The molecule has 0 spiro atoms. The van der Waals surface area contributed by atoms with Crippen molar-refractivity contribution in [3.05, 3.63) is 66.1 Å². The van der Waals surface area contributed by atoms with Crippen LogP contribution in [0.4, 0.5) is 23.1 Å². The fraction of sp³-hybridized carbons (Fsp3) is 0.111. The number of amides is 1. The molecule has 2 aromatic heterocycles. The SMILES string of the molecule is Cc1cccnc1Nc1ncnc(NNC(=O)Cc2ccccc2)c1N. The molecule has 0 saturated carbocycles. The number of nitrogens with two attached hydrogens (primary N) is 1. The average molecular weight is 349 g/mol. The number of pyridine rings is 1. The molecule has 3 aromatic rings. The van der Waals surface area contributed by atoms with E-state index in [4.69, 9.17) is 5.73 Å². The van der Waals surface area contributed by atoms with Gasteiger partial charge in [-0.05, 0) is 24.1 Å². The minimum absolute atomic E-state index is 0.204. The van der Waals surface area contributed by atoms with E-state index >= 15 is 0 Å². The normalized spacial score (nSPS) is 10.2. The van der Waals surface area contributed by atoms with Gasteiger partial charge in [0.15, 0.2) is 11.6 Å². The number of hydrogen-bond donors (Lipinski definition) is 4. The van der Waals surface area contributed by atoms with Crippen LogP contribution < -0.4 is 21.9 Å². The molecule has 26 heavy (non-hydrogen) atoms. The monoisotopic (exact) mass is 349 g/mol. The Morgan fingerprint density at radius 2 is 1.77 bits per heavy atom. The topological polar surface area (TPSA) is 118 Å². The summed E-state index contributed by atoms with van der Waals surface area (Å²) in [5.41, 5.74) is 13.6. The largest absolute Gasteiger partial charge is 0.393 e. The summed E-state index contributed by atoms with van der Waals surface area (Å²) in [6, 6.07) is 13.2. The summed E-state index contributed by atoms with van der Waals surface area (Å²) in [5.74, 6) is 1.15. The fourth-order valence-corrected chi connectivity index (χ4v) is 2.28. The lowest BCUT2D eigenvalue weighted by Crippen LogP contribution is -2.31. The number of anilines is 4. The Morgan fingerprint density at radius 3 is 2.54 bits per heavy atom. The third-order valence-corrected chi connectivity index (χ3v) is 3.66. The smallest absolute Gasteiger partial charge is 0.242 e. The first kappa shape index (κ1) is 17.2. The van der Waals surface area contributed by atoms with Crippen LogP contribution in [-0.4, -0.2) is 20.9 Å². The molecule has 3 rings (SSSR count). The Morgan fingerprint density at radius 1 is 1.00 bits per heavy atom.